The third-order valence-electron chi connectivity index (χ3n) is 4.29. The second-order valence-corrected chi connectivity index (χ2v) is 6.56. The smallest absolute Gasteiger partial charge is 0.306 e. The van der Waals surface area contributed by atoms with Gasteiger partial charge in [-0.15, -0.1) is 0 Å². The van der Waals surface area contributed by atoms with Crippen LogP contribution >= 0.6 is 0 Å². The Bertz CT molecular complexity index is 1090. The molecule has 2 heterocycles. The van der Waals surface area contributed by atoms with Crippen LogP contribution in [0.15, 0.2) is 53.5 Å². The number of aromatic nitrogens is 2. The number of esters is 1. The normalized spacial score (nSPS) is 10.7. The van der Waals surface area contributed by atoms with Crippen molar-refractivity contribution in [1.29, 1.82) is 0 Å². The Labute approximate surface area is 167 Å². The van der Waals surface area contributed by atoms with Crippen molar-refractivity contribution in [1.82, 2.24) is 9.38 Å². The molecule has 0 radical (unpaired) electrons. The van der Waals surface area contributed by atoms with Crippen molar-refractivity contribution in [3.63, 3.8) is 0 Å². The van der Waals surface area contributed by atoms with E-state index in [-0.39, 0.29) is 30.8 Å². The van der Waals surface area contributed by atoms with E-state index in [2.05, 4.69) is 4.98 Å². The van der Waals surface area contributed by atoms with Crippen molar-refractivity contribution in [3.05, 3.63) is 75.8 Å². The van der Waals surface area contributed by atoms with Crippen LogP contribution in [0.4, 0.5) is 0 Å². The van der Waals surface area contributed by atoms with Gasteiger partial charge in [0, 0.05) is 24.2 Å². The number of benzene rings is 1. The first-order valence-corrected chi connectivity index (χ1v) is 9.37. The van der Waals surface area contributed by atoms with Crippen LogP contribution in [-0.4, -0.2) is 27.7 Å². The summed E-state index contributed by atoms with van der Waals surface area (Å²) in [7, 11) is 0. The highest BCUT2D eigenvalue weighted by molar-refractivity contribution is 5.97. The number of fused-ring (bicyclic) bond motifs is 1. The molecular weight excluding hydrogens is 372 g/mol. The standard InChI is InChI=1S/C22H22N2O5/c1-3-28-18-7-5-16(6-8-18)19(25)9-11-22(27)29-14-17-12-21(26)24-13-15(2)4-10-20(24)23-17/h4-8,10,12-13H,3,9,11,14H2,1-2H3. The van der Waals surface area contributed by atoms with Gasteiger partial charge >= 0.3 is 5.97 Å². The summed E-state index contributed by atoms with van der Waals surface area (Å²) in [6, 6.07) is 11.7. The van der Waals surface area contributed by atoms with Gasteiger partial charge in [0.1, 0.15) is 18.0 Å². The van der Waals surface area contributed by atoms with Gasteiger partial charge in [0.05, 0.1) is 18.7 Å². The zero-order chi connectivity index (χ0) is 20.8. The van der Waals surface area contributed by atoms with Crippen LogP contribution in [0.25, 0.3) is 5.65 Å². The summed E-state index contributed by atoms with van der Waals surface area (Å²) in [5.41, 5.74) is 2.07. The van der Waals surface area contributed by atoms with Gasteiger partial charge in [0.2, 0.25) is 0 Å². The Morgan fingerprint density at radius 3 is 2.55 bits per heavy atom. The second-order valence-electron chi connectivity index (χ2n) is 6.56. The minimum atomic E-state index is -0.518. The predicted octanol–water partition coefficient (Wildman–Crippen LogP) is 3.11. The molecule has 0 atom stereocenters. The molecule has 0 aliphatic heterocycles. The number of pyridine rings is 1. The summed E-state index contributed by atoms with van der Waals surface area (Å²) < 4.78 is 12.0. The fourth-order valence-electron chi connectivity index (χ4n) is 2.82. The van der Waals surface area contributed by atoms with E-state index >= 15 is 0 Å². The van der Waals surface area contributed by atoms with Crippen molar-refractivity contribution in [3.8, 4) is 5.75 Å². The molecule has 0 N–H and O–H groups in total. The summed E-state index contributed by atoms with van der Waals surface area (Å²) >= 11 is 0. The van der Waals surface area contributed by atoms with E-state index in [1.54, 1.807) is 36.5 Å². The molecular formula is C22H22N2O5. The van der Waals surface area contributed by atoms with Gasteiger partial charge in [-0.1, -0.05) is 6.07 Å². The van der Waals surface area contributed by atoms with Crippen LogP contribution in [0.1, 0.15) is 41.4 Å². The topological polar surface area (TPSA) is 87.0 Å². The van der Waals surface area contributed by atoms with Crippen LogP contribution in [0, 0.1) is 6.92 Å². The molecule has 0 aliphatic rings. The lowest BCUT2D eigenvalue weighted by atomic mass is 10.1. The lowest BCUT2D eigenvalue weighted by Crippen LogP contribution is -2.17. The maximum absolute atomic E-state index is 12.2. The van der Waals surface area contributed by atoms with Gasteiger partial charge in [-0.3, -0.25) is 18.8 Å². The number of nitrogens with zero attached hydrogens (tertiary/aromatic N) is 2. The number of ketones is 1. The van der Waals surface area contributed by atoms with E-state index in [1.165, 1.54) is 10.5 Å². The van der Waals surface area contributed by atoms with E-state index in [9.17, 15) is 14.4 Å². The van der Waals surface area contributed by atoms with Crippen molar-refractivity contribution in [2.75, 3.05) is 6.61 Å². The van der Waals surface area contributed by atoms with Crippen molar-refractivity contribution < 1.29 is 19.1 Å². The molecule has 29 heavy (non-hydrogen) atoms. The lowest BCUT2D eigenvalue weighted by Gasteiger charge is -2.07. The third kappa shape index (κ3) is 5.28. The number of carbonyl (C=O) groups is 2. The SMILES string of the molecule is CCOc1ccc(C(=O)CCC(=O)OCc2cc(=O)n3cc(C)ccc3n2)cc1. The monoisotopic (exact) mass is 394 g/mol. The number of rotatable bonds is 8. The van der Waals surface area contributed by atoms with Crippen molar-refractivity contribution in [2.24, 2.45) is 0 Å². The lowest BCUT2D eigenvalue weighted by molar-refractivity contribution is -0.145. The number of hydrogen-bond acceptors (Lipinski definition) is 6. The third-order valence-corrected chi connectivity index (χ3v) is 4.29. The van der Waals surface area contributed by atoms with E-state index in [0.717, 1.165) is 5.56 Å². The zero-order valence-corrected chi connectivity index (χ0v) is 16.4. The minimum absolute atomic E-state index is 0.0416. The summed E-state index contributed by atoms with van der Waals surface area (Å²) in [5.74, 6) is 0.0232. The molecule has 0 aliphatic carbocycles. The van der Waals surface area contributed by atoms with Crippen LogP contribution in [0.3, 0.4) is 0 Å². The molecule has 7 nitrogen and oxygen atoms in total. The molecule has 0 bridgehead atoms. The average molecular weight is 394 g/mol. The molecule has 0 fully saturated rings. The maximum Gasteiger partial charge on any atom is 0.306 e. The van der Waals surface area contributed by atoms with E-state index in [4.69, 9.17) is 9.47 Å². The fourth-order valence-corrected chi connectivity index (χ4v) is 2.82. The maximum atomic E-state index is 12.2. The van der Waals surface area contributed by atoms with E-state index in [1.807, 2.05) is 19.9 Å². The van der Waals surface area contributed by atoms with Crippen LogP contribution in [0.2, 0.25) is 0 Å². The highest BCUT2D eigenvalue weighted by Crippen LogP contribution is 2.14. The van der Waals surface area contributed by atoms with Crippen LogP contribution < -0.4 is 10.3 Å². The Hall–Kier alpha value is -3.48. The van der Waals surface area contributed by atoms with Crippen molar-refractivity contribution in [2.45, 2.75) is 33.3 Å². The van der Waals surface area contributed by atoms with Gasteiger partial charge < -0.3 is 9.47 Å². The first kappa shape index (κ1) is 20.3. The van der Waals surface area contributed by atoms with Gasteiger partial charge in [0.15, 0.2) is 5.78 Å². The summed E-state index contributed by atoms with van der Waals surface area (Å²) in [4.78, 5) is 40.7. The highest BCUT2D eigenvalue weighted by Gasteiger charge is 2.12. The Kier molecular flexibility index (Phi) is 6.39. The van der Waals surface area contributed by atoms with Crippen molar-refractivity contribution >= 4 is 17.4 Å². The molecule has 0 saturated carbocycles. The Balaban J connectivity index is 1.53. The number of aryl methyl sites for hydroxylation is 1. The number of Topliss-reactive ketones (excluding diaryl/α,β-unsaturated/α-hetero) is 1. The van der Waals surface area contributed by atoms with E-state index in [0.29, 0.717) is 29.3 Å². The summed E-state index contributed by atoms with van der Waals surface area (Å²) in [6.45, 7) is 4.21. The summed E-state index contributed by atoms with van der Waals surface area (Å²) in [5, 5.41) is 0. The molecule has 3 aromatic rings. The molecule has 0 saturated heterocycles. The second kappa shape index (κ2) is 9.14. The van der Waals surface area contributed by atoms with Gasteiger partial charge in [-0.2, -0.15) is 0 Å². The number of ether oxygens (including phenoxy) is 2. The molecule has 2 aromatic heterocycles. The highest BCUT2D eigenvalue weighted by atomic mass is 16.5. The first-order chi connectivity index (χ1) is 14.0. The Morgan fingerprint density at radius 1 is 1.07 bits per heavy atom. The zero-order valence-electron chi connectivity index (χ0n) is 16.4. The fraction of sp³-hybridized carbons (Fsp3) is 0.273. The molecule has 150 valence electrons. The molecule has 0 unspecified atom stereocenters. The molecule has 1 aromatic carbocycles. The minimum Gasteiger partial charge on any atom is -0.494 e. The number of carbonyl (C=O) groups excluding carboxylic acids is 2. The van der Waals surface area contributed by atoms with Crippen LogP contribution in [0.5, 0.6) is 5.75 Å². The molecule has 0 amide bonds. The first-order valence-electron chi connectivity index (χ1n) is 9.37. The van der Waals surface area contributed by atoms with Gasteiger partial charge in [0.25, 0.3) is 5.56 Å². The van der Waals surface area contributed by atoms with E-state index < -0.39 is 5.97 Å². The summed E-state index contributed by atoms with van der Waals surface area (Å²) in [6.07, 6.45) is 1.70. The number of hydrogen-bond donors (Lipinski definition) is 0. The van der Waals surface area contributed by atoms with Gasteiger partial charge in [-0.05, 0) is 49.7 Å². The quantitative estimate of drug-likeness (QED) is 0.431. The Morgan fingerprint density at radius 2 is 1.83 bits per heavy atom. The van der Waals surface area contributed by atoms with Crippen LogP contribution in [-0.2, 0) is 16.1 Å². The molecule has 0 spiro atoms. The largest absolute Gasteiger partial charge is 0.494 e. The molecule has 3 rings (SSSR count). The van der Waals surface area contributed by atoms with Gasteiger partial charge in [-0.25, -0.2) is 4.98 Å². The average Bonchev–Trinajstić information content (AvgIpc) is 2.72. The predicted molar refractivity (Wildman–Crippen MR) is 107 cm³/mol. The molecule has 7 heteroatoms.